The predicted octanol–water partition coefficient (Wildman–Crippen LogP) is 2.43. The molecule has 0 aliphatic heterocycles. The molecule has 0 unspecified atom stereocenters. The quantitative estimate of drug-likeness (QED) is 0.387. The summed E-state index contributed by atoms with van der Waals surface area (Å²) < 4.78 is 0. The number of Topliss-reactive ketones (excluding diaryl/α,β-unsaturated/α-hetero) is 1. The molecule has 98 valence electrons. The molecule has 0 saturated carbocycles. The smallest absolute Gasteiger partial charge is 0.311 e. The molecule has 0 aromatic heterocycles. The highest BCUT2D eigenvalue weighted by atomic mass is 16.6. The van der Waals surface area contributed by atoms with Gasteiger partial charge in [0.25, 0.3) is 0 Å². The van der Waals surface area contributed by atoms with Crippen LogP contribution in [0.2, 0.25) is 0 Å². The second-order valence-electron chi connectivity index (χ2n) is 4.19. The zero-order valence-electron chi connectivity index (χ0n) is 10.5. The van der Waals surface area contributed by atoms with Crippen LogP contribution >= 0.6 is 0 Å². The first-order valence-corrected chi connectivity index (χ1v) is 5.50. The summed E-state index contributed by atoms with van der Waals surface area (Å²) in [5, 5.41) is 28.9. The van der Waals surface area contributed by atoms with E-state index >= 15 is 0 Å². The largest absolute Gasteiger partial charge is 0.502 e. The van der Waals surface area contributed by atoms with E-state index in [1.54, 1.807) is 19.9 Å². The number of carbonyl (C=O) groups excluding carboxylic acids is 1. The van der Waals surface area contributed by atoms with Crippen LogP contribution in [0.25, 0.3) is 6.08 Å². The van der Waals surface area contributed by atoms with Gasteiger partial charge in [-0.1, -0.05) is 19.9 Å². The molecule has 0 amide bonds. The van der Waals surface area contributed by atoms with Crippen molar-refractivity contribution in [1.29, 1.82) is 5.26 Å². The van der Waals surface area contributed by atoms with Gasteiger partial charge in [0, 0.05) is 12.0 Å². The first kappa shape index (κ1) is 14.4. The summed E-state index contributed by atoms with van der Waals surface area (Å²) in [6, 6.07) is 5.43. The molecule has 0 radical (unpaired) electrons. The van der Waals surface area contributed by atoms with Gasteiger partial charge in [0.15, 0.2) is 11.5 Å². The van der Waals surface area contributed by atoms with Gasteiger partial charge in [-0.2, -0.15) is 5.26 Å². The van der Waals surface area contributed by atoms with Gasteiger partial charge in [-0.05, 0) is 17.7 Å². The number of carbonyl (C=O) groups is 1. The highest BCUT2D eigenvalue weighted by molar-refractivity contribution is 6.04. The number of nitrogens with zero attached hydrogens (tertiary/aromatic N) is 2. The molecule has 1 N–H and O–H groups in total. The molecule has 0 aliphatic carbocycles. The maximum absolute atomic E-state index is 11.7. The van der Waals surface area contributed by atoms with Crippen LogP contribution < -0.4 is 0 Å². The normalized spacial score (nSPS) is 11.2. The van der Waals surface area contributed by atoms with Crippen LogP contribution in [0.1, 0.15) is 19.4 Å². The maximum Gasteiger partial charge on any atom is 0.311 e. The standard InChI is InChI=1S/C13H12N2O4/c1-8(2)13(17)10(7-14)5-9-3-4-12(16)11(6-9)15(18)19/h3-6,8,16H,1-2H3/b10-5-. The minimum atomic E-state index is -0.733. The number of phenolic OH excluding ortho intramolecular Hbond substituents is 1. The third kappa shape index (κ3) is 3.39. The number of benzene rings is 1. The van der Waals surface area contributed by atoms with E-state index in [1.807, 2.05) is 0 Å². The molecule has 19 heavy (non-hydrogen) atoms. The molecule has 0 atom stereocenters. The average Bonchev–Trinajstić information content (AvgIpc) is 2.36. The highest BCUT2D eigenvalue weighted by Gasteiger charge is 2.16. The van der Waals surface area contributed by atoms with Gasteiger partial charge in [-0.25, -0.2) is 0 Å². The van der Waals surface area contributed by atoms with Crippen LogP contribution in [-0.4, -0.2) is 15.8 Å². The second-order valence-corrected chi connectivity index (χ2v) is 4.19. The average molecular weight is 260 g/mol. The molecule has 0 heterocycles. The Kier molecular flexibility index (Phi) is 4.37. The van der Waals surface area contributed by atoms with Crippen molar-refractivity contribution in [3.63, 3.8) is 0 Å². The molecule has 0 fully saturated rings. The Labute approximate surface area is 109 Å². The van der Waals surface area contributed by atoms with E-state index in [2.05, 4.69) is 0 Å². The van der Waals surface area contributed by atoms with Crippen molar-refractivity contribution >= 4 is 17.5 Å². The zero-order valence-corrected chi connectivity index (χ0v) is 10.5. The first-order valence-electron chi connectivity index (χ1n) is 5.50. The molecule has 1 aromatic rings. The fraction of sp³-hybridized carbons (Fsp3) is 0.231. The number of nitro benzene ring substituents is 1. The maximum atomic E-state index is 11.7. The Morgan fingerprint density at radius 3 is 2.63 bits per heavy atom. The fourth-order valence-electron chi connectivity index (χ4n) is 1.41. The molecule has 1 aromatic carbocycles. The number of hydrogen-bond donors (Lipinski definition) is 1. The van der Waals surface area contributed by atoms with Crippen LogP contribution in [0.4, 0.5) is 5.69 Å². The van der Waals surface area contributed by atoms with E-state index < -0.39 is 16.4 Å². The van der Waals surface area contributed by atoms with E-state index in [0.29, 0.717) is 5.56 Å². The summed E-state index contributed by atoms with van der Waals surface area (Å²) in [6.45, 7) is 3.32. The number of ketones is 1. The summed E-state index contributed by atoms with van der Waals surface area (Å²) in [6.07, 6.45) is 1.27. The van der Waals surface area contributed by atoms with Gasteiger partial charge in [0.1, 0.15) is 6.07 Å². The van der Waals surface area contributed by atoms with Crippen LogP contribution in [-0.2, 0) is 4.79 Å². The third-order valence-corrected chi connectivity index (χ3v) is 2.42. The van der Waals surface area contributed by atoms with Crippen LogP contribution in [0.3, 0.4) is 0 Å². The van der Waals surface area contributed by atoms with E-state index in [9.17, 15) is 20.0 Å². The van der Waals surface area contributed by atoms with Gasteiger partial charge in [-0.15, -0.1) is 0 Å². The number of phenols is 1. The van der Waals surface area contributed by atoms with Gasteiger partial charge in [0.2, 0.25) is 0 Å². The molecule has 1 rings (SSSR count). The van der Waals surface area contributed by atoms with Crippen molar-refractivity contribution in [1.82, 2.24) is 0 Å². The Bertz CT molecular complexity index is 597. The van der Waals surface area contributed by atoms with Crippen LogP contribution in [0, 0.1) is 27.4 Å². The van der Waals surface area contributed by atoms with Crippen molar-refractivity contribution in [3.05, 3.63) is 39.4 Å². The Hall–Kier alpha value is -2.68. The van der Waals surface area contributed by atoms with Gasteiger partial charge in [-0.3, -0.25) is 14.9 Å². The monoisotopic (exact) mass is 260 g/mol. The lowest BCUT2D eigenvalue weighted by molar-refractivity contribution is -0.385. The lowest BCUT2D eigenvalue weighted by Gasteiger charge is -2.02. The first-order chi connectivity index (χ1) is 8.86. The third-order valence-electron chi connectivity index (χ3n) is 2.42. The molecular formula is C13H12N2O4. The van der Waals surface area contributed by atoms with E-state index in [0.717, 1.165) is 12.1 Å². The lowest BCUT2D eigenvalue weighted by atomic mass is 10.00. The molecular weight excluding hydrogens is 248 g/mol. The summed E-state index contributed by atoms with van der Waals surface area (Å²) >= 11 is 0. The number of allylic oxidation sites excluding steroid dienone is 1. The summed E-state index contributed by atoms with van der Waals surface area (Å²) in [5.74, 6) is -1.13. The van der Waals surface area contributed by atoms with Crippen molar-refractivity contribution in [3.8, 4) is 11.8 Å². The van der Waals surface area contributed by atoms with Crippen molar-refractivity contribution < 1.29 is 14.8 Å². The Morgan fingerprint density at radius 1 is 1.53 bits per heavy atom. The van der Waals surface area contributed by atoms with E-state index in [-0.39, 0.29) is 17.3 Å². The van der Waals surface area contributed by atoms with Crippen LogP contribution in [0.5, 0.6) is 5.75 Å². The lowest BCUT2D eigenvalue weighted by Crippen LogP contribution is -2.08. The van der Waals surface area contributed by atoms with Crippen molar-refractivity contribution in [2.24, 2.45) is 5.92 Å². The second kappa shape index (κ2) is 5.78. The minimum Gasteiger partial charge on any atom is -0.502 e. The highest BCUT2D eigenvalue weighted by Crippen LogP contribution is 2.27. The molecule has 6 nitrogen and oxygen atoms in total. The van der Waals surface area contributed by atoms with E-state index in [4.69, 9.17) is 5.26 Å². The number of rotatable bonds is 4. The molecule has 0 saturated heterocycles. The molecule has 0 spiro atoms. The predicted molar refractivity (Wildman–Crippen MR) is 68.2 cm³/mol. The number of aromatic hydroxyl groups is 1. The minimum absolute atomic E-state index is 0.0741. The topological polar surface area (TPSA) is 104 Å². The Morgan fingerprint density at radius 2 is 2.16 bits per heavy atom. The van der Waals surface area contributed by atoms with Crippen molar-refractivity contribution in [2.45, 2.75) is 13.8 Å². The van der Waals surface area contributed by atoms with Gasteiger partial charge < -0.3 is 5.11 Å². The SMILES string of the molecule is CC(C)C(=O)/C(C#N)=C\c1ccc(O)c([N+](=O)[O-])c1. The van der Waals surface area contributed by atoms with Crippen LogP contribution in [0.15, 0.2) is 23.8 Å². The number of hydrogen-bond acceptors (Lipinski definition) is 5. The van der Waals surface area contributed by atoms with Crippen molar-refractivity contribution in [2.75, 3.05) is 0 Å². The van der Waals surface area contributed by atoms with E-state index in [1.165, 1.54) is 12.1 Å². The summed E-state index contributed by atoms with van der Waals surface area (Å²) in [5.41, 5.74) is -0.229. The molecule has 0 bridgehead atoms. The Balaban J connectivity index is 3.24. The fourth-order valence-corrected chi connectivity index (χ4v) is 1.41. The zero-order chi connectivity index (χ0) is 14.6. The van der Waals surface area contributed by atoms with Gasteiger partial charge in [0.05, 0.1) is 10.5 Å². The number of nitro groups is 1. The summed E-state index contributed by atoms with van der Waals surface area (Å²) in [7, 11) is 0. The van der Waals surface area contributed by atoms with Gasteiger partial charge >= 0.3 is 5.69 Å². The number of nitriles is 1. The molecule has 6 heteroatoms. The molecule has 0 aliphatic rings. The summed E-state index contributed by atoms with van der Waals surface area (Å²) in [4.78, 5) is 21.6.